The van der Waals surface area contributed by atoms with Gasteiger partial charge in [-0.1, -0.05) is 12.1 Å². The fraction of sp³-hybridized carbons (Fsp3) is 0.294. The van der Waals surface area contributed by atoms with E-state index >= 15 is 0 Å². The molecule has 0 fully saturated rings. The van der Waals surface area contributed by atoms with Crippen LogP contribution in [0.25, 0.3) is 5.69 Å². The molecule has 0 atom stereocenters. The maximum atomic E-state index is 13.3. The third-order valence-electron chi connectivity index (χ3n) is 3.66. The Morgan fingerprint density at radius 1 is 1.22 bits per heavy atom. The van der Waals surface area contributed by atoms with Gasteiger partial charge in [0.25, 0.3) is 5.91 Å². The van der Waals surface area contributed by atoms with Crippen LogP contribution >= 0.6 is 0 Å². The molecule has 27 heavy (non-hydrogen) atoms. The van der Waals surface area contributed by atoms with Gasteiger partial charge in [0.1, 0.15) is 0 Å². The lowest BCUT2D eigenvalue weighted by Gasteiger charge is -2.16. The second-order valence-electron chi connectivity index (χ2n) is 5.90. The molecule has 1 aromatic carbocycles. The monoisotopic (exact) mass is 382 g/mol. The minimum absolute atomic E-state index is 0.123. The fourth-order valence-electron chi connectivity index (χ4n) is 2.24. The Labute approximate surface area is 152 Å². The van der Waals surface area contributed by atoms with Gasteiger partial charge in [0, 0.05) is 25.9 Å². The second-order valence-corrected chi connectivity index (χ2v) is 5.90. The van der Waals surface area contributed by atoms with E-state index in [1.807, 2.05) is 0 Å². The lowest BCUT2D eigenvalue weighted by Crippen LogP contribution is -2.39. The Balaban J connectivity index is 2.48. The molecule has 0 bridgehead atoms. The fourth-order valence-corrected chi connectivity index (χ4v) is 2.24. The van der Waals surface area contributed by atoms with Crippen molar-refractivity contribution in [2.45, 2.75) is 13.1 Å². The molecule has 1 aromatic heterocycles. The van der Waals surface area contributed by atoms with E-state index in [0.29, 0.717) is 0 Å². The van der Waals surface area contributed by atoms with E-state index in [9.17, 15) is 27.6 Å². The molecule has 0 spiro atoms. The molecule has 0 aliphatic heterocycles. The first-order valence-corrected chi connectivity index (χ1v) is 7.78. The number of halogens is 3. The number of hydrogen-bond acceptors (Lipinski definition) is 4. The normalized spacial score (nSPS) is 11.2. The molecule has 0 radical (unpaired) electrons. The van der Waals surface area contributed by atoms with Gasteiger partial charge in [-0.25, -0.2) is 4.68 Å². The van der Waals surface area contributed by atoms with Crippen LogP contribution in [0.2, 0.25) is 0 Å². The molecule has 7 nitrogen and oxygen atoms in total. The highest BCUT2D eigenvalue weighted by Crippen LogP contribution is 2.33. The van der Waals surface area contributed by atoms with Crippen LogP contribution in [0.15, 0.2) is 35.1 Å². The Hall–Kier alpha value is -3.17. The predicted molar refractivity (Wildman–Crippen MR) is 90.6 cm³/mol. The summed E-state index contributed by atoms with van der Waals surface area (Å²) in [6.07, 6.45) is -4.64. The Bertz CT molecular complexity index is 936. The molecule has 0 saturated heterocycles. The van der Waals surface area contributed by atoms with Crippen molar-refractivity contribution < 1.29 is 22.8 Å². The van der Waals surface area contributed by atoms with E-state index in [1.165, 1.54) is 44.1 Å². The van der Waals surface area contributed by atoms with Crippen LogP contribution in [0.1, 0.15) is 21.7 Å². The Morgan fingerprint density at radius 2 is 1.85 bits per heavy atom. The largest absolute Gasteiger partial charge is 0.418 e. The molecular formula is C17H17F3N4O3. The Morgan fingerprint density at radius 3 is 2.44 bits per heavy atom. The molecule has 2 amide bonds. The lowest BCUT2D eigenvalue weighted by atomic mass is 10.1. The maximum Gasteiger partial charge on any atom is 0.418 e. The molecule has 1 N–H and O–H groups in total. The maximum absolute atomic E-state index is 13.3. The number of nitrogens with one attached hydrogen (secondary N) is 1. The van der Waals surface area contributed by atoms with Crippen LogP contribution in [0.5, 0.6) is 0 Å². The van der Waals surface area contributed by atoms with E-state index in [0.717, 1.165) is 16.8 Å². The highest BCUT2D eigenvalue weighted by molar-refractivity contribution is 5.94. The summed E-state index contributed by atoms with van der Waals surface area (Å²) in [6, 6.07) is 5.70. The van der Waals surface area contributed by atoms with Crippen LogP contribution in [0, 0.1) is 6.92 Å². The van der Waals surface area contributed by atoms with E-state index in [1.54, 1.807) is 0 Å². The minimum atomic E-state index is -4.64. The molecule has 0 saturated carbocycles. The van der Waals surface area contributed by atoms with Crippen molar-refractivity contribution in [1.82, 2.24) is 20.0 Å². The van der Waals surface area contributed by atoms with Crippen LogP contribution in [0.3, 0.4) is 0 Å². The Kier molecular flexibility index (Phi) is 5.67. The number of aryl methyl sites for hydroxylation is 1. The van der Waals surface area contributed by atoms with Gasteiger partial charge in [0.15, 0.2) is 5.69 Å². The van der Waals surface area contributed by atoms with Gasteiger partial charge in [-0.05, 0) is 19.1 Å². The third-order valence-corrected chi connectivity index (χ3v) is 3.66. The van der Waals surface area contributed by atoms with Crippen LogP contribution in [-0.4, -0.2) is 47.1 Å². The summed E-state index contributed by atoms with van der Waals surface area (Å²) < 4.78 is 40.7. The summed E-state index contributed by atoms with van der Waals surface area (Å²) >= 11 is 0. The summed E-state index contributed by atoms with van der Waals surface area (Å²) in [6.45, 7) is 1.03. The summed E-state index contributed by atoms with van der Waals surface area (Å²) in [5.74, 6) is -1.37. The SMILES string of the molecule is Cc1cc(=O)c(C(=O)NCC(=O)N(C)C)nn1-c1ccccc1C(F)(F)F. The standard InChI is InChI=1S/C17H17F3N4O3/c1-10-8-13(25)15(16(27)21-9-14(26)23(2)3)22-24(10)12-7-5-4-6-11(12)17(18,19)20/h4-8H,9H2,1-3H3,(H,21,27). The second kappa shape index (κ2) is 7.60. The number of hydrogen-bond donors (Lipinski definition) is 1. The van der Waals surface area contributed by atoms with Gasteiger partial charge in [-0.3, -0.25) is 14.4 Å². The van der Waals surface area contributed by atoms with Crippen molar-refractivity contribution in [2.75, 3.05) is 20.6 Å². The number of nitrogens with zero attached hydrogens (tertiary/aromatic N) is 3. The first-order valence-electron chi connectivity index (χ1n) is 7.78. The van der Waals surface area contributed by atoms with Crippen molar-refractivity contribution in [2.24, 2.45) is 0 Å². The zero-order chi connectivity index (χ0) is 20.4. The average molecular weight is 382 g/mol. The molecule has 2 rings (SSSR count). The molecule has 0 aliphatic rings. The van der Waals surface area contributed by atoms with Crippen LogP contribution in [0.4, 0.5) is 13.2 Å². The number of alkyl halides is 3. The van der Waals surface area contributed by atoms with Gasteiger partial charge >= 0.3 is 6.18 Å². The predicted octanol–water partition coefficient (Wildman–Crippen LogP) is 1.38. The number of benzene rings is 1. The minimum Gasteiger partial charge on any atom is -0.347 e. The molecule has 0 unspecified atom stereocenters. The number of para-hydroxylation sites is 1. The summed E-state index contributed by atoms with van der Waals surface area (Å²) in [5, 5.41) is 6.04. The summed E-state index contributed by atoms with van der Waals surface area (Å²) in [5.41, 5.74) is -2.52. The van der Waals surface area contributed by atoms with E-state index in [-0.39, 0.29) is 17.9 Å². The summed E-state index contributed by atoms with van der Waals surface area (Å²) in [7, 11) is 2.97. The van der Waals surface area contributed by atoms with E-state index < -0.39 is 34.7 Å². The topological polar surface area (TPSA) is 84.3 Å². The number of carbonyl (C=O) groups is 2. The van der Waals surface area contributed by atoms with E-state index in [4.69, 9.17) is 0 Å². The van der Waals surface area contributed by atoms with Crippen molar-refractivity contribution in [3.05, 3.63) is 57.5 Å². The van der Waals surface area contributed by atoms with Gasteiger partial charge in [0.2, 0.25) is 11.3 Å². The first-order chi connectivity index (χ1) is 12.5. The van der Waals surface area contributed by atoms with Gasteiger partial charge in [-0.15, -0.1) is 0 Å². The highest BCUT2D eigenvalue weighted by atomic mass is 19.4. The molecule has 10 heteroatoms. The first kappa shape index (κ1) is 20.1. The number of likely N-dealkylation sites (N-methyl/N-ethyl adjacent to an activating group) is 1. The number of carbonyl (C=O) groups excluding carboxylic acids is 2. The van der Waals surface area contributed by atoms with Crippen molar-refractivity contribution >= 4 is 11.8 Å². The molecule has 2 aromatic rings. The third kappa shape index (κ3) is 4.52. The van der Waals surface area contributed by atoms with Crippen molar-refractivity contribution in [1.29, 1.82) is 0 Å². The molecular weight excluding hydrogens is 365 g/mol. The number of amides is 2. The smallest absolute Gasteiger partial charge is 0.347 e. The quantitative estimate of drug-likeness (QED) is 0.866. The lowest BCUT2D eigenvalue weighted by molar-refractivity contribution is -0.137. The van der Waals surface area contributed by atoms with Crippen molar-refractivity contribution in [3.63, 3.8) is 0 Å². The highest BCUT2D eigenvalue weighted by Gasteiger charge is 2.34. The average Bonchev–Trinajstić information content (AvgIpc) is 2.58. The zero-order valence-corrected chi connectivity index (χ0v) is 14.8. The molecule has 0 aliphatic carbocycles. The zero-order valence-electron chi connectivity index (χ0n) is 14.8. The summed E-state index contributed by atoms with van der Waals surface area (Å²) in [4.78, 5) is 37.0. The van der Waals surface area contributed by atoms with Crippen LogP contribution in [-0.2, 0) is 11.0 Å². The van der Waals surface area contributed by atoms with Crippen LogP contribution < -0.4 is 10.7 Å². The van der Waals surface area contributed by atoms with E-state index in [2.05, 4.69) is 10.4 Å². The van der Waals surface area contributed by atoms with Gasteiger partial charge in [-0.2, -0.15) is 18.3 Å². The molecule has 1 heterocycles. The number of rotatable bonds is 4. The number of aromatic nitrogens is 2. The van der Waals surface area contributed by atoms with Gasteiger partial charge in [0.05, 0.1) is 17.8 Å². The van der Waals surface area contributed by atoms with Gasteiger partial charge < -0.3 is 10.2 Å². The molecule has 144 valence electrons. The van der Waals surface area contributed by atoms with Crippen molar-refractivity contribution in [3.8, 4) is 5.69 Å².